The van der Waals surface area contributed by atoms with Crippen LogP contribution in [-0.2, 0) is 14.4 Å². The number of carboxylic acid groups (broad SMARTS) is 2. The molecular formula is C10H15NO5. The summed E-state index contributed by atoms with van der Waals surface area (Å²) in [7, 11) is 0. The van der Waals surface area contributed by atoms with Gasteiger partial charge in [-0.05, 0) is 18.8 Å². The molecule has 0 aromatic heterocycles. The summed E-state index contributed by atoms with van der Waals surface area (Å²) in [6, 6.07) is -1.10. The van der Waals surface area contributed by atoms with E-state index < -0.39 is 18.0 Å². The Kier molecular flexibility index (Phi) is 3.87. The summed E-state index contributed by atoms with van der Waals surface area (Å²) in [6.45, 7) is 1.91. The molecule has 0 bridgehead atoms. The van der Waals surface area contributed by atoms with E-state index >= 15 is 0 Å². The van der Waals surface area contributed by atoms with E-state index in [0.29, 0.717) is 5.92 Å². The quantitative estimate of drug-likeness (QED) is 0.598. The molecule has 6 nitrogen and oxygen atoms in total. The third kappa shape index (κ3) is 3.52. The number of aliphatic carboxylic acids is 2. The van der Waals surface area contributed by atoms with Crippen LogP contribution in [0.5, 0.6) is 0 Å². The number of carbonyl (C=O) groups is 3. The van der Waals surface area contributed by atoms with E-state index in [9.17, 15) is 14.4 Å². The van der Waals surface area contributed by atoms with Crippen LogP contribution < -0.4 is 5.32 Å². The van der Waals surface area contributed by atoms with Gasteiger partial charge in [-0.2, -0.15) is 0 Å². The molecule has 3 atom stereocenters. The lowest BCUT2D eigenvalue weighted by Crippen LogP contribution is -2.42. The van der Waals surface area contributed by atoms with Crippen LogP contribution >= 0.6 is 0 Å². The lowest BCUT2D eigenvalue weighted by Gasteiger charge is -2.13. The van der Waals surface area contributed by atoms with Gasteiger partial charge >= 0.3 is 11.9 Å². The van der Waals surface area contributed by atoms with Gasteiger partial charge in [-0.3, -0.25) is 9.59 Å². The second kappa shape index (κ2) is 4.96. The summed E-state index contributed by atoms with van der Waals surface area (Å²) in [5, 5.41) is 19.6. The topological polar surface area (TPSA) is 104 Å². The van der Waals surface area contributed by atoms with Crippen LogP contribution in [0.1, 0.15) is 26.2 Å². The molecule has 1 amide bonds. The van der Waals surface area contributed by atoms with Crippen LogP contribution in [0.4, 0.5) is 0 Å². The molecule has 0 aromatic carbocycles. The van der Waals surface area contributed by atoms with Crippen LogP contribution in [0.2, 0.25) is 0 Å². The molecule has 1 aliphatic carbocycles. The maximum atomic E-state index is 11.5. The third-order valence-electron chi connectivity index (χ3n) is 2.71. The van der Waals surface area contributed by atoms with Crippen LogP contribution in [0.25, 0.3) is 0 Å². The van der Waals surface area contributed by atoms with Gasteiger partial charge in [0.1, 0.15) is 6.04 Å². The third-order valence-corrected chi connectivity index (χ3v) is 2.71. The minimum atomic E-state index is -1.19. The molecule has 0 saturated heterocycles. The van der Waals surface area contributed by atoms with Gasteiger partial charge in [-0.1, -0.05) is 6.92 Å². The van der Waals surface area contributed by atoms with Crippen LogP contribution in [0.15, 0.2) is 0 Å². The predicted molar refractivity (Wildman–Crippen MR) is 53.7 cm³/mol. The Morgan fingerprint density at radius 2 is 1.94 bits per heavy atom. The molecule has 90 valence electrons. The summed E-state index contributed by atoms with van der Waals surface area (Å²) in [5.41, 5.74) is 0. The van der Waals surface area contributed by atoms with Crippen molar-refractivity contribution in [2.24, 2.45) is 11.8 Å². The summed E-state index contributed by atoms with van der Waals surface area (Å²) >= 11 is 0. The number of carboxylic acids is 2. The first-order chi connectivity index (χ1) is 7.41. The maximum Gasteiger partial charge on any atom is 0.326 e. The Hall–Kier alpha value is -1.59. The molecule has 1 saturated carbocycles. The Morgan fingerprint density at radius 3 is 2.31 bits per heavy atom. The van der Waals surface area contributed by atoms with E-state index in [-0.39, 0.29) is 24.7 Å². The van der Waals surface area contributed by atoms with Gasteiger partial charge < -0.3 is 15.5 Å². The van der Waals surface area contributed by atoms with Crippen LogP contribution in [0, 0.1) is 11.8 Å². The zero-order chi connectivity index (χ0) is 12.3. The summed E-state index contributed by atoms with van der Waals surface area (Å²) in [6.07, 6.45) is 0.423. The second-order valence-electron chi connectivity index (χ2n) is 4.15. The van der Waals surface area contributed by atoms with Gasteiger partial charge in [-0.25, -0.2) is 4.79 Å². The molecule has 6 heteroatoms. The molecule has 0 spiro atoms. The van der Waals surface area contributed by atoms with Crippen molar-refractivity contribution in [3.05, 3.63) is 0 Å². The molecule has 1 rings (SSSR count). The van der Waals surface area contributed by atoms with E-state index in [1.54, 1.807) is 0 Å². The molecule has 1 aliphatic rings. The van der Waals surface area contributed by atoms with Gasteiger partial charge in [0.25, 0.3) is 0 Å². The molecule has 16 heavy (non-hydrogen) atoms. The molecule has 3 N–H and O–H groups in total. The Balaban J connectivity index is 2.41. The number of hydrogen-bond acceptors (Lipinski definition) is 3. The van der Waals surface area contributed by atoms with Crippen LogP contribution in [-0.4, -0.2) is 34.1 Å². The monoisotopic (exact) mass is 229 g/mol. The highest BCUT2D eigenvalue weighted by Gasteiger charge is 2.40. The molecule has 1 fully saturated rings. The van der Waals surface area contributed by atoms with Crippen molar-refractivity contribution in [3.63, 3.8) is 0 Å². The number of carbonyl (C=O) groups excluding carboxylic acids is 1. The van der Waals surface area contributed by atoms with Gasteiger partial charge in [0.2, 0.25) is 5.91 Å². The highest BCUT2D eigenvalue weighted by molar-refractivity contribution is 5.86. The van der Waals surface area contributed by atoms with E-state index in [1.165, 1.54) is 0 Å². The summed E-state index contributed by atoms with van der Waals surface area (Å²) in [5.74, 6) is -2.35. The number of hydrogen-bond donors (Lipinski definition) is 3. The highest BCUT2D eigenvalue weighted by Crippen LogP contribution is 2.37. The first-order valence-corrected chi connectivity index (χ1v) is 5.16. The molecule has 0 aromatic rings. The van der Waals surface area contributed by atoms with E-state index in [4.69, 9.17) is 10.2 Å². The zero-order valence-corrected chi connectivity index (χ0v) is 8.97. The van der Waals surface area contributed by atoms with Gasteiger partial charge in [0, 0.05) is 12.3 Å². The standard InChI is InChI=1S/C10H15NO5/c1-5-4-6(5)9(14)11-7(10(15)16)2-3-8(12)13/h5-7H,2-4H2,1H3,(H,11,14)(H,12,13)(H,15,16). The fourth-order valence-corrected chi connectivity index (χ4v) is 1.49. The fraction of sp³-hybridized carbons (Fsp3) is 0.700. The van der Waals surface area contributed by atoms with Crippen molar-refractivity contribution in [3.8, 4) is 0 Å². The minimum absolute atomic E-state index is 0.0858. The Labute approximate surface area is 92.6 Å². The fourth-order valence-electron chi connectivity index (χ4n) is 1.49. The molecule has 0 aliphatic heterocycles. The summed E-state index contributed by atoms with van der Waals surface area (Å²) < 4.78 is 0. The second-order valence-corrected chi connectivity index (χ2v) is 4.15. The zero-order valence-electron chi connectivity index (χ0n) is 8.97. The van der Waals surface area contributed by atoms with Gasteiger partial charge in [0.05, 0.1) is 0 Å². The lowest BCUT2D eigenvalue weighted by molar-refractivity contribution is -0.143. The van der Waals surface area contributed by atoms with Crippen molar-refractivity contribution >= 4 is 17.8 Å². The van der Waals surface area contributed by atoms with Crippen molar-refractivity contribution in [2.75, 3.05) is 0 Å². The first-order valence-electron chi connectivity index (χ1n) is 5.16. The first kappa shape index (κ1) is 12.5. The van der Waals surface area contributed by atoms with Crippen molar-refractivity contribution in [1.29, 1.82) is 0 Å². The molecular weight excluding hydrogens is 214 g/mol. The van der Waals surface area contributed by atoms with E-state index in [1.807, 2.05) is 6.92 Å². The average Bonchev–Trinajstić information content (AvgIpc) is 2.88. The largest absolute Gasteiger partial charge is 0.481 e. The summed E-state index contributed by atoms with van der Waals surface area (Å²) in [4.78, 5) is 32.5. The predicted octanol–water partition coefficient (Wildman–Crippen LogP) is 0.0766. The lowest BCUT2D eigenvalue weighted by atomic mass is 10.1. The van der Waals surface area contributed by atoms with Crippen molar-refractivity contribution in [1.82, 2.24) is 5.32 Å². The molecule has 0 radical (unpaired) electrons. The maximum absolute atomic E-state index is 11.5. The van der Waals surface area contributed by atoms with Crippen molar-refractivity contribution < 1.29 is 24.6 Å². The van der Waals surface area contributed by atoms with E-state index in [2.05, 4.69) is 5.32 Å². The van der Waals surface area contributed by atoms with Crippen LogP contribution in [0.3, 0.4) is 0 Å². The SMILES string of the molecule is CC1CC1C(=O)NC(CCC(=O)O)C(=O)O. The highest BCUT2D eigenvalue weighted by atomic mass is 16.4. The smallest absolute Gasteiger partial charge is 0.326 e. The molecule has 3 unspecified atom stereocenters. The minimum Gasteiger partial charge on any atom is -0.481 e. The van der Waals surface area contributed by atoms with E-state index in [0.717, 1.165) is 6.42 Å². The van der Waals surface area contributed by atoms with Crippen molar-refractivity contribution in [2.45, 2.75) is 32.2 Å². The number of nitrogens with one attached hydrogen (secondary N) is 1. The molecule has 0 heterocycles. The number of amides is 1. The Bertz CT molecular complexity index is 314. The number of rotatable bonds is 6. The van der Waals surface area contributed by atoms with Gasteiger partial charge in [0.15, 0.2) is 0 Å². The normalized spacial score (nSPS) is 24.6. The Morgan fingerprint density at radius 1 is 1.38 bits per heavy atom. The van der Waals surface area contributed by atoms with Gasteiger partial charge in [-0.15, -0.1) is 0 Å². The average molecular weight is 229 g/mol.